The van der Waals surface area contributed by atoms with E-state index in [4.69, 9.17) is 0 Å². The summed E-state index contributed by atoms with van der Waals surface area (Å²) in [5, 5.41) is 41.6. The number of benzene rings is 2. The van der Waals surface area contributed by atoms with Crippen LogP contribution in [0.15, 0.2) is 24.3 Å². The number of phenols is 2. The Labute approximate surface area is 168 Å². The molecule has 0 aliphatic rings. The summed E-state index contributed by atoms with van der Waals surface area (Å²) in [5.74, 6) is -2.28. The largest absolute Gasteiger partial charge is 0.502 e. The fourth-order valence-corrected chi connectivity index (χ4v) is 3.22. The summed E-state index contributed by atoms with van der Waals surface area (Å²) in [5.41, 5.74) is -12.5. The van der Waals surface area contributed by atoms with Crippen molar-refractivity contribution in [1.82, 2.24) is 0 Å². The quantitative estimate of drug-likeness (QED) is 0.383. The van der Waals surface area contributed by atoms with E-state index in [9.17, 15) is 56.8 Å². The van der Waals surface area contributed by atoms with Crippen molar-refractivity contribution in [2.75, 3.05) is 0 Å². The second kappa shape index (κ2) is 7.28. The lowest BCUT2D eigenvalue weighted by Crippen LogP contribution is -2.54. The molecule has 0 amide bonds. The van der Waals surface area contributed by atoms with E-state index in [0.717, 1.165) is 13.8 Å². The number of nitro groups is 2. The van der Waals surface area contributed by atoms with Gasteiger partial charge in [-0.1, -0.05) is 12.1 Å². The fraction of sp³-hybridized carbons (Fsp3) is 0.294. The number of halogens is 6. The maximum absolute atomic E-state index is 14.2. The van der Waals surface area contributed by atoms with Crippen LogP contribution in [0.25, 0.3) is 0 Å². The van der Waals surface area contributed by atoms with Crippen LogP contribution in [0.4, 0.5) is 37.7 Å². The Morgan fingerprint density at radius 2 is 1.00 bits per heavy atom. The van der Waals surface area contributed by atoms with Gasteiger partial charge in [-0.05, 0) is 36.1 Å². The molecule has 31 heavy (non-hydrogen) atoms. The van der Waals surface area contributed by atoms with E-state index in [2.05, 4.69) is 0 Å². The summed E-state index contributed by atoms with van der Waals surface area (Å²) < 4.78 is 85.1. The van der Waals surface area contributed by atoms with Gasteiger partial charge in [0.2, 0.25) is 5.41 Å². The lowest BCUT2D eigenvalue weighted by molar-refractivity contribution is -0.386. The summed E-state index contributed by atoms with van der Waals surface area (Å²) in [7, 11) is 0. The number of rotatable bonds is 4. The van der Waals surface area contributed by atoms with Crippen LogP contribution in [0.5, 0.6) is 11.5 Å². The lowest BCUT2D eigenvalue weighted by Gasteiger charge is -2.38. The molecule has 0 radical (unpaired) electrons. The van der Waals surface area contributed by atoms with Gasteiger partial charge in [-0.2, -0.15) is 26.3 Å². The van der Waals surface area contributed by atoms with Crippen molar-refractivity contribution in [1.29, 1.82) is 0 Å². The van der Waals surface area contributed by atoms with Crippen LogP contribution < -0.4 is 0 Å². The van der Waals surface area contributed by atoms with E-state index in [1.807, 2.05) is 0 Å². The van der Waals surface area contributed by atoms with Gasteiger partial charge in [0.1, 0.15) is 0 Å². The standard InChI is InChI=1S/C17H12F6N2O6/c1-7-3-9(5-11(13(7)26)24(28)29)15(16(18,19)20,17(21,22)23)10-4-8(2)14(27)12(6-10)25(30)31/h3-6,26-27H,1-2H3. The number of hydrogen-bond donors (Lipinski definition) is 2. The average molecular weight is 454 g/mol. The van der Waals surface area contributed by atoms with E-state index < -0.39 is 72.7 Å². The summed E-state index contributed by atoms with van der Waals surface area (Å²) in [6.45, 7) is 1.71. The number of alkyl halides is 6. The van der Waals surface area contributed by atoms with Crippen LogP contribution in [0, 0.1) is 34.1 Å². The zero-order valence-electron chi connectivity index (χ0n) is 15.5. The summed E-state index contributed by atoms with van der Waals surface area (Å²) >= 11 is 0. The van der Waals surface area contributed by atoms with E-state index in [0.29, 0.717) is 0 Å². The Morgan fingerprint density at radius 3 is 1.23 bits per heavy atom. The molecular formula is C17H12F6N2O6. The highest BCUT2D eigenvalue weighted by Crippen LogP contribution is 2.58. The molecule has 2 N–H and O–H groups in total. The van der Waals surface area contributed by atoms with E-state index in [1.165, 1.54) is 0 Å². The minimum absolute atomic E-state index is 0.0860. The maximum Gasteiger partial charge on any atom is 0.411 e. The molecular weight excluding hydrogens is 442 g/mol. The predicted octanol–water partition coefficient (Wildman–Crippen LogP) is 4.94. The second-order valence-corrected chi connectivity index (χ2v) is 6.58. The molecule has 0 aromatic heterocycles. The first-order valence-corrected chi connectivity index (χ1v) is 8.07. The molecule has 2 aromatic carbocycles. The van der Waals surface area contributed by atoms with Gasteiger partial charge in [-0.25, -0.2) is 0 Å². The van der Waals surface area contributed by atoms with Gasteiger partial charge in [0.05, 0.1) is 9.85 Å². The zero-order chi connectivity index (χ0) is 24.1. The number of nitrogens with zero attached hydrogens (tertiary/aromatic N) is 2. The van der Waals surface area contributed by atoms with Crippen molar-refractivity contribution in [2.45, 2.75) is 31.6 Å². The third-order valence-corrected chi connectivity index (χ3v) is 4.67. The van der Waals surface area contributed by atoms with Crippen molar-refractivity contribution in [3.05, 3.63) is 66.7 Å². The SMILES string of the molecule is Cc1cc(C(c2cc(C)c(O)c([N+](=O)[O-])c2)(C(F)(F)F)C(F)(F)F)cc([N+](=O)[O-])c1O. The molecule has 0 aliphatic heterocycles. The van der Waals surface area contributed by atoms with Gasteiger partial charge in [0, 0.05) is 12.1 Å². The minimum atomic E-state index is -6.19. The smallest absolute Gasteiger partial charge is 0.411 e. The number of phenolic OH excluding ortho intramolecular Hbond substituents is 2. The molecule has 0 saturated heterocycles. The van der Waals surface area contributed by atoms with E-state index in [1.54, 1.807) is 0 Å². The lowest BCUT2D eigenvalue weighted by atomic mass is 9.71. The highest BCUT2D eigenvalue weighted by Gasteiger charge is 2.73. The first-order valence-electron chi connectivity index (χ1n) is 8.07. The topological polar surface area (TPSA) is 127 Å². The number of aromatic hydroxyl groups is 2. The van der Waals surface area contributed by atoms with Crippen LogP contribution in [0.3, 0.4) is 0 Å². The Hall–Kier alpha value is -3.58. The molecule has 0 bridgehead atoms. The van der Waals surface area contributed by atoms with Gasteiger partial charge in [0.15, 0.2) is 11.5 Å². The zero-order valence-corrected chi connectivity index (χ0v) is 15.5. The Balaban J connectivity index is 3.16. The third kappa shape index (κ3) is 3.57. The molecule has 2 rings (SSSR count). The normalized spacial score (nSPS) is 12.6. The van der Waals surface area contributed by atoms with Crippen molar-refractivity contribution < 1.29 is 46.4 Å². The Kier molecular flexibility index (Phi) is 5.57. The van der Waals surface area contributed by atoms with Crippen LogP contribution in [0.1, 0.15) is 22.3 Å². The van der Waals surface area contributed by atoms with Crippen LogP contribution in [-0.2, 0) is 5.41 Å². The summed E-state index contributed by atoms with van der Waals surface area (Å²) in [4.78, 5) is 19.4. The highest BCUT2D eigenvalue weighted by atomic mass is 19.4. The van der Waals surface area contributed by atoms with Gasteiger partial charge >= 0.3 is 23.7 Å². The molecule has 0 heterocycles. The Bertz CT molecular complexity index is 995. The van der Waals surface area contributed by atoms with Crippen molar-refractivity contribution in [3.8, 4) is 11.5 Å². The molecule has 2 aromatic rings. The summed E-state index contributed by atoms with van der Waals surface area (Å²) in [6, 6.07) is 0.351. The Morgan fingerprint density at radius 1 is 0.710 bits per heavy atom. The first kappa shape index (κ1) is 23.7. The van der Waals surface area contributed by atoms with Gasteiger partial charge in [-0.15, -0.1) is 0 Å². The predicted molar refractivity (Wildman–Crippen MR) is 91.9 cm³/mol. The average Bonchev–Trinajstić information content (AvgIpc) is 2.58. The first-order chi connectivity index (χ1) is 14.0. The molecule has 168 valence electrons. The molecule has 0 spiro atoms. The molecule has 8 nitrogen and oxygen atoms in total. The van der Waals surface area contributed by atoms with Crippen LogP contribution >= 0.6 is 0 Å². The molecule has 0 saturated carbocycles. The molecule has 0 aliphatic carbocycles. The van der Waals surface area contributed by atoms with Crippen LogP contribution in [-0.4, -0.2) is 32.4 Å². The van der Waals surface area contributed by atoms with Crippen molar-refractivity contribution >= 4 is 11.4 Å². The maximum atomic E-state index is 14.2. The monoisotopic (exact) mass is 454 g/mol. The van der Waals surface area contributed by atoms with Crippen molar-refractivity contribution in [3.63, 3.8) is 0 Å². The number of aryl methyl sites for hydroxylation is 2. The molecule has 0 unspecified atom stereocenters. The number of nitro benzene ring substituents is 2. The third-order valence-electron chi connectivity index (χ3n) is 4.67. The van der Waals surface area contributed by atoms with Gasteiger partial charge < -0.3 is 10.2 Å². The second-order valence-electron chi connectivity index (χ2n) is 6.58. The molecule has 0 atom stereocenters. The van der Waals surface area contributed by atoms with E-state index >= 15 is 0 Å². The van der Waals surface area contributed by atoms with E-state index in [-0.39, 0.29) is 24.3 Å². The summed E-state index contributed by atoms with van der Waals surface area (Å²) in [6.07, 6.45) is -12.4. The van der Waals surface area contributed by atoms with Gasteiger partial charge in [0.25, 0.3) is 0 Å². The molecule has 0 fully saturated rings. The molecule has 14 heteroatoms. The van der Waals surface area contributed by atoms with Crippen molar-refractivity contribution in [2.24, 2.45) is 0 Å². The van der Waals surface area contributed by atoms with Gasteiger partial charge in [-0.3, -0.25) is 20.2 Å². The van der Waals surface area contributed by atoms with Crippen LogP contribution in [0.2, 0.25) is 0 Å². The minimum Gasteiger partial charge on any atom is -0.502 e. The highest BCUT2D eigenvalue weighted by molar-refractivity contribution is 5.61. The fourth-order valence-electron chi connectivity index (χ4n) is 3.22. The number of hydrogen-bond acceptors (Lipinski definition) is 6.